The Morgan fingerprint density at radius 3 is 2.29 bits per heavy atom. The number of rotatable bonds is 7. The molecule has 200 valence electrons. The molecule has 8 heteroatoms. The van der Waals surface area contributed by atoms with E-state index in [-0.39, 0.29) is 17.4 Å². The van der Waals surface area contributed by atoms with Gasteiger partial charge in [-0.3, -0.25) is 19.5 Å². The van der Waals surface area contributed by atoms with Crippen LogP contribution in [0.25, 0.3) is 0 Å². The van der Waals surface area contributed by atoms with Crippen molar-refractivity contribution < 1.29 is 4.79 Å². The van der Waals surface area contributed by atoms with E-state index in [9.17, 15) is 9.59 Å². The third-order valence-electron chi connectivity index (χ3n) is 7.71. The van der Waals surface area contributed by atoms with E-state index in [1.807, 2.05) is 35.2 Å². The molecule has 2 aliphatic heterocycles. The molecule has 2 saturated heterocycles. The van der Waals surface area contributed by atoms with Crippen LogP contribution in [0.3, 0.4) is 0 Å². The standard InChI is InChI=1S/C30H38N6O2/c1-3-27(24-9-5-4-6-10-24)29(38)35-16-18-36(19-17-35)30-31-25(21-28(37)32-30)22-33-12-14-34(15-13-33)26-11-7-8-23(2)20-26/h4-11,20-21,27H,3,12-19,22H2,1-2H3,(H,31,32,37). The second-order valence-electron chi connectivity index (χ2n) is 10.3. The second-order valence-corrected chi connectivity index (χ2v) is 10.3. The summed E-state index contributed by atoms with van der Waals surface area (Å²) in [6.45, 7) is 11.2. The maximum atomic E-state index is 13.3. The Labute approximate surface area is 224 Å². The molecule has 0 saturated carbocycles. The van der Waals surface area contributed by atoms with E-state index in [0.717, 1.165) is 43.9 Å². The molecule has 2 aromatic carbocycles. The van der Waals surface area contributed by atoms with Gasteiger partial charge in [0.05, 0.1) is 11.6 Å². The van der Waals surface area contributed by atoms with E-state index in [1.165, 1.54) is 11.3 Å². The molecule has 1 unspecified atom stereocenters. The number of carbonyl (C=O) groups excluding carboxylic acids is 1. The number of carbonyl (C=O) groups is 1. The highest BCUT2D eigenvalue weighted by atomic mass is 16.2. The summed E-state index contributed by atoms with van der Waals surface area (Å²) in [5.74, 6) is 0.668. The molecule has 3 heterocycles. The lowest BCUT2D eigenvalue weighted by molar-refractivity contribution is -0.133. The lowest BCUT2D eigenvalue weighted by Crippen LogP contribution is -2.50. The molecule has 3 aromatic rings. The van der Waals surface area contributed by atoms with E-state index >= 15 is 0 Å². The number of amides is 1. The Bertz CT molecular complexity index is 1280. The highest BCUT2D eigenvalue weighted by Gasteiger charge is 2.28. The summed E-state index contributed by atoms with van der Waals surface area (Å²) < 4.78 is 0. The van der Waals surface area contributed by atoms with Gasteiger partial charge in [-0.1, -0.05) is 49.4 Å². The minimum atomic E-state index is -0.128. The zero-order valence-corrected chi connectivity index (χ0v) is 22.5. The van der Waals surface area contributed by atoms with E-state index in [4.69, 9.17) is 4.98 Å². The molecule has 2 fully saturated rings. The molecular weight excluding hydrogens is 476 g/mol. The predicted octanol–water partition coefficient (Wildman–Crippen LogP) is 3.24. The number of nitrogens with zero attached hydrogens (tertiary/aromatic N) is 5. The van der Waals surface area contributed by atoms with E-state index in [1.54, 1.807) is 6.07 Å². The number of aromatic nitrogens is 2. The van der Waals surface area contributed by atoms with Gasteiger partial charge >= 0.3 is 0 Å². The number of aromatic amines is 1. The van der Waals surface area contributed by atoms with Gasteiger partial charge in [0, 0.05) is 70.7 Å². The fourth-order valence-corrected chi connectivity index (χ4v) is 5.54. The van der Waals surface area contributed by atoms with Crippen LogP contribution in [0.1, 0.15) is 36.1 Å². The summed E-state index contributed by atoms with van der Waals surface area (Å²) in [5, 5.41) is 0. The van der Waals surface area contributed by atoms with E-state index < -0.39 is 0 Å². The van der Waals surface area contributed by atoms with Crippen LogP contribution in [0, 0.1) is 6.92 Å². The van der Waals surface area contributed by atoms with Crippen molar-refractivity contribution in [3.05, 3.63) is 87.8 Å². The average molecular weight is 515 g/mol. The topological polar surface area (TPSA) is 75.8 Å². The predicted molar refractivity (Wildman–Crippen MR) is 152 cm³/mol. The van der Waals surface area contributed by atoms with Gasteiger partial charge in [-0.15, -0.1) is 0 Å². The smallest absolute Gasteiger partial charge is 0.252 e. The molecule has 0 bridgehead atoms. The summed E-state index contributed by atoms with van der Waals surface area (Å²) in [4.78, 5) is 42.3. The zero-order valence-electron chi connectivity index (χ0n) is 22.5. The number of nitrogens with one attached hydrogen (secondary N) is 1. The first kappa shape index (κ1) is 26.0. The van der Waals surface area contributed by atoms with Gasteiger partial charge in [0.25, 0.3) is 5.56 Å². The number of H-pyrrole nitrogens is 1. The van der Waals surface area contributed by atoms with E-state index in [0.29, 0.717) is 38.7 Å². The lowest BCUT2D eigenvalue weighted by atomic mass is 9.95. The average Bonchev–Trinajstić information content (AvgIpc) is 2.94. The van der Waals surface area contributed by atoms with Gasteiger partial charge in [0.2, 0.25) is 11.9 Å². The van der Waals surface area contributed by atoms with Gasteiger partial charge in [-0.25, -0.2) is 4.98 Å². The van der Waals surface area contributed by atoms with Crippen LogP contribution in [0.4, 0.5) is 11.6 Å². The maximum absolute atomic E-state index is 13.3. The monoisotopic (exact) mass is 514 g/mol. The van der Waals surface area contributed by atoms with Crippen LogP contribution in [0.5, 0.6) is 0 Å². The van der Waals surface area contributed by atoms with Crippen molar-refractivity contribution in [2.75, 3.05) is 62.2 Å². The molecule has 8 nitrogen and oxygen atoms in total. The number of anilines is 2. The van der Waals surface area contributed by atoms with Crippen molar-refractivity contribution in [2.45, 2.75) is 32.7 Å². The van der Waals surface area contributed by atoms with Crippen LogP contribution < -0.4 is 15.4 Å². The van der Waals surface area contributed by atoms with Crippen LogP contribution >= 0.6 is 0 Å². The molecule has 1 amide bonds. The third-order valence-corrected chi connectivity index (χ3v) is 7.71. The number of aryl methyl sites for hydroxylation is 1. The highest BCUT2D eigenvalue weighted by Crippen LogP contribution is 2.23. The second kappa shape index (κ2) is 11.8. The molecule has 5 rings (SSSR count). The molecule has 0 radical (unpaired) electrons. The van der Waals surface area contributed by atoms with Gasteiger partial charge in [-0.2, -0.15) is 0 Å². The van der Waals surface area contributed by atoms with Crippen LogP contribution in [-0.4, -0.2) is 78.0 Å². The lowest BCUT2D eigenvalue weighted by Gasteiger charge is -2.37. The number of hydrogen-bond acceptors (Lipinski definition) is 6. The third kappa shape index (κ3) is 6.07. The number of piperazine rings is 2. The first-order valence-corrected chi connectivity index (χ1v) is 13.7. The van der Waals surface area contributed by atoms with Crippen molar-refractivity contribution in [1.29, 1.82) is 0 Å². The maximum Gasteiger partial charge on any atom is 0.252 e. The molecule has 2 aliphatic rings. The largest absolute Gasteiger partial charge is 0.369 e. The molecule has 1 aromatic heterocycles. The minimum Gasteiger partial charge on any atom is -0.369 e. The summed E-state index contributed by atoms with van der Waals surface area (Å²) >= 11 is 0. The quantitative estimate of drug-likeness (QED) is 0.522. The number of hydrogen-bond donors (Lipinski definition) is 1. The normalized spacial score (nSPS) is 17.5. The summed E-state index contributed by atoms with van der Waals surface area (Å²) in [6, 6.07) is 20.3. The number of benzene rings is 2. The van der Waals surface area contributed by atoms with E-state index in [2.05, 4.69) is 57.8 Å². The van der Waals surface area contributed by atoms with Crippen molar-refractivity contribution in [3.8, 4) is 0 Å². The highest BCUT2D eigenvalue weighted by molar-refractivity contribution is 5.84. The molecule has 0 aliphatic carbocycles. The Morgan fingerprint density at radius 1 is 0.895 bits per heavy atom. The fourth-order valence-electron chi connectivity index (χ4n) is 5.54. The Kier molecular flexibility index (Phi) is 8.08. The van der Waals surface area contributed by atoms with Crippen molar-refractivity contribution in [2.24, 2.45) is 0 Å². The van der Waals surface area contributed by atoms with Gasteiger partial charge in [0.1, 0.15) is 0 Å². The van der Waals surface area contributed by atoms with Gasteiger partial charge in [-0.05, 0) is 36.6 Å². The van der Waals surface area contributed by atoms with Crippen LogP contribution in [0.2, 0.25) is 0 Å². The Balaban J connectivity index is 1.17. The fraction of sp³-hybridized carbons (Fsp3) is 0.433. The minimum absolute atomic E-state index is 0.115. The van der Waals surface area contributed by atoms with Gasteiger partial charge < -0.3 is 14.7 Å². The van der Waals surface area contributed by atoms with Crippen molar-refractivity contribution in [3.63, 3.8) is 0 Å². The molecule has 38 heavy (non-hydrogen) atoms. The van der Waals surface area contributed by atoms with Crippen LogP contribution in [-0.2, 0) is 11.3 Å². The molecule has 1 N–H and O–H groups in total. The Morgan fingerprint density at radius 2 is 1.61 bits per heavy atom. The SMILES string of the molecule is CCC(C(=O)N1CCN(c2nc(CN3CCN(c4cccc(C)c4)CC3)cc(=O)[nH]2)CC1)c1ccccc1. The molecule has 1 atom stereocenters. The summed E-state index contributed by atoms with van der Waals surface area (Å²) in [5.41, 5.74) is 4.28. The first-order valence-electron chi connectivity index (χ1n) is 13.7. The van der Waals surface area contributed by atoms with Crippen molar-refractivity contribution >= 4 is 17.5 Å². The van der Waals surface area contributed by atoms with Crippen LogP contribution in [0.15, 0.2) is 65.5 Å². The molecular formula is C30H38N6O2. The van der Waals surface area contributed by atoms with Gasteiger partial charge in [0.15, 0.2) is 0 Å². The molecule has 0 spiro atoms. The summed E-state index contributed by atoms with van der Waals surface area (Å²) in [6.07, 6.45) is 0.777. The van der Waals surface area contributed by atoms with Crippen molar-refractivity contribution in [1.82, 2.24) is 19.8 Å². The summed E-state index contributed by atoms with van der Waals surface area (Å²) in [7, 11) is 0. The first-order chi connectivity index (χ1) is 18.5. The zero-order chi connectivity index (χ0) is 26.5. The Hall–Kier alpha value is -3.65.